The second kappa shape index (κ2) is 6.57. The smallest absolute Gasteiger partial charge is 0.161 e. The van der Waals surface area contributed by atoms with Crippen LogP contribution in [0, 0.1) is 5.92 Å². The van der Waals surface area contributed by atoms with E-state index in [0.717, 1.165) is 25.0 Å². The van der Waals surface area contributed by atoms with E-state index in [1.165, 1.54) is 0 Å². The Labute approximate surface area is 113 Å². The number of hydrogen-bond donors (Lipinski definition) is 0. The van der Waals surface area contributed by atoms with Crippen molar-refractivity contribution in [1.29, 1.82) is 0 Å². The third kappa shape index (κ3) is 3.47. The van der Waals surface area contributed by atoms with Gasteiger partial charge in [0, 0.05) is 18.9 Å². The molecule has 1 atom stereocenters. The Kier molecular flexibility index (Phi) is 4.80. The molecular formula is C15H20O4. The van der Waals surface area contributed by atoms with Crippen LogP contribution in [0.15, 0.2) is 18.2 Å². The molecule has 0 amide bonds. The predicted molar refractivity (Wildman–Crippen MR) is 71.8 cm³/mol. The summed E-state index contributed by atoms with van der Waals surface area (Å²) in [7, 11) is 3.19. The minimum absolute atomic E-state index is 0.0434. The molecule has 1 aromatic carbocycles. The molecule has 1 unspecified atom stereocenters. The Balaban J connectivity index is 2.03. The van der Waals surface area contributed by atoms with E-state index in [1.54, 1.807) is 14.2 Å². The van der Waals surface area contributed by atoms with Crippen LogP contribution in [0.2, 0.25) is 0 Å². The van der Waals surface area contributed by atoms with Gasteiger partial charge < -0.3 is 14.2 Å². The lowest BCUT2D eigenvalue weighted by atomic mass is 9.93. The van der Waals surface area contributed by atoms with Crippen LogP contribution in [-0.2, 0) is 16.0 Å². The van der Waals surface area contributed by atoms with Crippen molar-refractivity contribution in [2.24, 2.45) is 5.92 Å². The van der Waals surface area contributed by atoms with Gasteiger partial charge in [0.1, 0.15) is 5.78 Å². The lowest BCUT2D eigenvalue weighted by Crippen LogP contribution is -2.26. The zero-order valence-electron chi connectivity index (χ0n) is 11.5. The molecule has 1 aromatic rings. The van der Waals surface area contributed by atoms with Crippen LogP contribution in [0.1, 0.15) is 18.4 Å². The molecule has 0 bridgehead atoms. The molecule has 1 saturated heterocycles. The average Bonchev–Trinajstić information content (AvgIpc) is 2.48. The van der Waals surface area contributed by atoms with Gasteiger partial charge in [0.15, 0.2) is 11.5 Å². The Hall–Kier alpha value is -1.55. The summed E-state index contributed by atoms with van der Waals surface area (Å²) in [5.41, 5.74) is 0.952. The second-order valence-corrected chi connectivity index (χ2v) is 4.75. The van der Waals surface area contributed by atoms with Crippen molar-refractivity contribution in [3.05, 3.63) is 23.8 Å². The van der Waals surface area contributed by atoms with Gasteiger partial charge in [-0.15, -0.1) is 0 Å². The van der Waals surface area contributed by atoms with Gasteiger partial charge in [-0.2, -0.15) is 0 Å². The van der Waals surface area contributed by atoms with Crippen molar-refractivity contribution in [2.75, 3.05) is 27.4 Å². The van der Waals surface area contributed by atoms with Gasteiger partial charge in [-0.1, -0.05) is 6.07 Å². The molecule has 0 aliphatic carbocycles. The van der Waals surface area contributed by atoms with E-state index < -0.39 is 0 Å². The molecule has 2 rings (SSSR count). The van der Waals surface area contributed by atoms with Crippen molar-refractivity contribution in [3.63, 3.8) is 0 Å². The highest BCUT2D eigenvalue weighted by Crippen LogP contribution is 2.28. The van der Waals surface area contributed by atoms with Gasteiger partial charge in [-0.25, -0.2) is 0 Å². The summed E-state index contributed by atoms with van der Waals surface area (Å²) in [5.74, 6) is 1.63. The number of carbonyl (C=O) groups excluding carboxylic acids is 1. The summed E-state index contributed by atoms with van der Waals surface area (Å²) in [4.78, 5) is 12.2. The zero-order chi connectivity index (χ0) is 13.7. The number of ether oxygens (including phenoxy) is 3. The minimum atomic E-state index is 0.0434. The summed E-state index contributed by atoms with van der Waals surface area (Å²) >= 11 is 0. The standard InChI is InChI=1S/C15H20O4/c1-17-14-6-5-11(9-15(14)18-2)8-13(16)12-4-3-7-19-10-12/h5-6,9,12H,3-4,7-8,10H2,1-2H3. The summed E-state index contributed by atoms with van der Waals surface area (Å²) in [6, 6.07) is 5.60. The van der Waals surface area contributed by atoms with Crippen LogP contribution in [0.5, 0.6) is 11.5 Å². The Bertz CT molecular complexity index is 436. The molecule has 4 heteroatoms. The average molecular weight is 264 g/mol. The highest BCUT2D eigenvalue weighted by atomic mass is 16.5. The molecule has 1 aliphatic heterocycles. The van der Waals surface area contributed by atoms with E-state index in [1.807, 2.05) is 18.2 Å². The molecule has 1 fully saturated rings. The first kappa shape index (κ1) is 13.9. The highest BCUT2D eigenvalue weighted by Gasteiger charge is 2.22. The summed E-state index contributed by atoms with van der Waals surface area (Å²) in [6.07, 6.45) is 2.34. The SMILES string of the molecule is COc1ccc(CC(=O)C2CCCOC2)cc1OC. The molecule has 19 heavy (non-hydrogen) atoms. The van der Waals surface area contributed by atoms with E-state index in [4.69, 9.17) is 14.2 Å². The summed E-state index contributed by atoms with van der Waals surface area (Å²) in [5, 5.41) is 0. The van der Waals surface area contributed by atoms with Crippen LogP contribution in [-0.4, -0.2) is 33.2 Å². The fourth-order valence-corrected chi connectivity index (χ4v) is 2.33. The van der Waals surface area contributed by atoms with Gasteiger partial charge >= 0.3 is 0 Å². The first-order valence-corrected chi connectivity index (χ1v) is 6.56. The largest absolute Gasteiger partial charge is 0.493 e. The molecule has 0 spiro atoms. The van der Waals surface area contributed by atoms with Gasteiger partial charge in [-0.3, -0.25) is 4.79 Å². The third-order valence-electron chi connectivity index (χ3n) is 3.44. The number of carbonyl (C=O) groups is 1. The van der Waals surface area contributed by atoms with E-state index in [-0.39, 0.29) is 11.7 Å². The maximum Gasteiger partial charge on any atom is 0.161 e. The van der Waals surface area contributed by atoms with Crippen molar-refractivity contribution < 1.29 is 19.0 Å². The number of methoxy groups -OCH3 is 2. The van der Waals surface area contributed by atoms with Crippen molar-refractivity contribution in [2.45, 2.75) is 19.3 Å². The molecule has 0 radical (unpaired) electrons. The summed E-state index contributed by atoms with van der Waals surface area (Å²) < 4.78 is 15.8. The maximum atomic E-state index is 12.2. The van der Waals surface area contributed by atoms with Gasteiger partial charge in [0.25, 0.3) is 0 Å². The Morgan fingerprint density at radius 3 is 2.74 bits per heavy atom. The maximum absolute atomic E-state index is 12.2. The van der Waals surface area contributed by atoms with Gasteiger partial charge in [0.05, 0.1) is 20.8 Å². The molecule has 104 valence electrons. The second-order valence-electron chi connectivity index (χ2n) is 4.75. The van der Waals surface area contributed by atoms with E-state index in [9.17, 15) is 4.79 Å². The van der Waals surface area contributed by atoms with Crippen LogP contribution >= 0.6 is 0 Å². The highest BCUT2D eigenvalue weighted by molar-refractivity contribution is 5.83. The molecule has 0 N–H and O–H groups in total. The van der Waals surface area contributed by atoms with Gasteiger partial charge in [-0.05, 0) is 30.5 Å². The molecule has 1 heterocycles. The minimum Gasteiger partial charge on any atom is -0.493 e. The number of ketones is 1. The lowest BCUT2D eigenvalue weighted by Gasteiger charge is -2.21. The Morgan fingerprint density at radius 1 is 1.32 bits per heavy atom. The fraction of sp³-hybridized carbons (Fsp3) is 0.533. The number of hydrogen-bond acceptors (Lipinski definition) is 4. The monoisotopic (exact) mass is 264 g/mol. The van der Waals surface area contributed by atoms with E-state index >= 15 is 0 Å². The molecular weight excluding hydrogens is 244 g/mol. The number of rotatable bonds is 5. The van der Waals surface area contributed by atoms with Crippen LogP contribution in [0.4, 0.5) is 0 Å². The molecule has 1 aliphatic rings. The predicted octanol–water partition coefficient (Wildman–Crippen LogP) is 2.24. The Morgan fingerprint density at radius 2 is 2.11 bits per heavy atom. The van der Waals surface area contributed by atoms with Crippen LogP contribution in [0.25, 0.3) is 0 Å². The molecule has 0 aromatic heterocycles. The zero-order valence-corrected chi connectivity index (χ0v) is 11.5. The van der Waals surface area contributed by atoms with Crippen molar-refractivity contribution in [3.8, 4) is 11.5 Å². The fourth-order valence-electron chi connectivity index (χ4n) is 2.33. The first-order chi connectivity index (χ1) is 9.24. The topological polar surface area (TPSA) is 44.8 Å². The van der Waals surface area contributed by atoms with Crippen LogP contribution in [0.3, 0.4) is 0 Å². The van der Waals surface area contributed by atoms with E-state index in [2.05, 4.69) is 0 Å². The normalized spacial score (nSPS) is 18.9. The van der Waals surface area contributed by atoms with Gasteiger partial charge in [0.2, 0.25) is 0 Å². The van der Waals surface area contributed by atoms with Crippen LogP contribution < -0.4 is 9.47 Å². The molecule has 4 nitrogen and oxygen atoms in total. The number of benzene rings is 1. The molecule has 0 saturated carbocycles. The number of Topliss-reactive ketones (excluding diaryl/α,β-unsaturated/α-hetero) is 1. The summed E-state index contributed by atoms with van der Waals surface area (Å²) in [6.45, 7) is 1.34. The van der Waals surface area contributed by atoms with E-state index in [0.29, 0.717) is 24.5 Å². The van der Waals surface area contributed by atoms with Crippen molar-refractivity contribution in [1.82, 2.24) is 0 Å². The van der Waals surface area contributed by atoms with Crippen molar-refractivity contribution >= 4 is 5.78 Å². The quantitative estimate of drug-likeness (QED) is 0.818. The first-order valence-electron chi connectivity index (χ1n) is 6.56. The third-order valence-corrected chi connectivity index (χ3v) is 3.44. The lowest BCUT2D eigenvalue weighted by molar-refractivity contribution is -0.126.